The molecule has 18 heavy (non-hydrogen) atoms. The van der Waals surface area contributed by atoms with Gasteiger partial charge < -0.3 is 0 Å². The standard InChI is InChI=1S/C16H20F2/c1-2-3-4-5-6-12-7-8-15-13(9-12)10-14(17)11-16(15)18/h7,10-11H,2-6,8-9H2,1H3. The highest BCUT2D eigenvalue weighted by Crippen LogP contribution is 2.27. The average Bonchev–Trinajstić information content (AvgIpc) is 2.34. The summed E-state index contributed by atoms with van der Waals surface area (Å²) in [6.07, 6.45) is 9.46. The molecule has 0 bridgehead atoms. The molecule has 2 rings (SSSR count). The predicted molar refractivity (Wildman–Crippen MR) is 70.6 cm³/mol. The molecule has 0 radical (unpaired) electrons. The average molecular weight is 250 g/mol. The van der Waals surface area contributed by atoms with Crippen molar-refractivity contribution in [3.8, 4) is 0 Å². The first-order valence-electron chi connectivity index (χ1n) is 6.85. The van der Waals surface area contributed by atoms with Crippen LogP contribution in [0.2, 0.25) is 0 Å². The maximum Gasteiger partial charge on any atom is 0.129 e. The largest absolute Gasteiger partial charge is 0.207 e. The Morgan fingerprint density at radius 3 is 2.72 bits per heavy atom. The van der Waals surface area contributed by atoms with Gasteiger partial charge in [-0.2, -0.15) is 0 Å². The van der Waals surface area contributed by atoms with Crippen LogP contribution in [-0.4, -0.2) is 0 Å². The number of halogens is 2. The Balaban J connectivity index is 1.97. The van der Waals surface area contributed by atoms with Gasteiger partial charge in [0.1, 0.15) is 11.6 Å². The Morgan fingerprint density at radius 2 is 1.94 bits per heavy atom. The lowest BCUT2D eigenvalue weighted by Crippen LogP contribution is -2.06. The van der Waals surface area contributed by atoms with E-state index < -0.39 is 11.6 Å². The lowest BCUT2D eigenvalue weighted by molar-refractivity contribution is 0.568. The normalized spacial score (nSPS) is 14.3. The van der Waals surface area contributed by atoms with Gasteiger partial charge >= 0.3 is 0 Å². The molecule has 0 spiro atoms. The SMILES string of the molecule is CCCCCCC1=CCc2c(F)cc(F)cc2C1. The first-order valence-corrected chi connectivity index (χ1v) is 6.85. The van der Waals surface area contributed by atoms with E-state index >= 15 is 0 Å². The van der Waals surface area contributed by atoms with Crippen molar-refractivity contribution in [2.24, 2.45) is 0 Å². The van der Waals surface area contributed by atoms with Crippen LogP contribution < -0.4 is 0 Å². The highest BCUT2D eigenvalue weighted by molar-refractivity contribution is 5.38. The van der Waals surface area contributed by atoms with Gasteiger partial charge in [-0.25, -0.2) is 8.78 Å². The van der Waals surface area contributed by atoms with Crippen LogP contribution in [0.15, 0.2) is 23.8 Å². The molecule has 1 aromatic carbocycles. The first-order chi connectivity index (χ1) is 8.70. The van der Waals surface area contributed by atoms with Gasteiger partial charge in [0, 0.05) is 6.07 Å². The zero-order valence-corrected chi connectivity index (χ0v) is 10.9. The molecule has 1 aliphatic rings. The Bertz CT molecular complexity index is 447. The zero-order chi connectivity index (χ0) is 13.0. The van der Waals surface area contributed by atoms with Crippen LogP contribution in [0.1, 0.15) is 50.2 Å². The van der Waals surface area contributed by atoms with Gasteiger partial charge in [-0.15, -0.1) is 0 Å². The maximum absolute atomic E-state index is 13.5. The van der Waals surface area contributed by atoms with E-state index in [0.29, 0.717) is 12.0 Å². The molecule has 2 heteroatoms. The maximum atomic E-state index is 13.5. The summed E-state index contributed by atoms with van der Waals surface area (Å²) in [5, 5.41) is 0. The number of allylic oxidation sites excluding steroid dienone is 2. The Hall–Kier alpha value is -1.18. The molecule has 0 fully saturated rings. The molecule has 98 valence electrons. The minimum absolute atomic E-state index is 0.397. The first kappa shape index (κ1) is 13.3. The van der Waals surface area contributed by atoms with Gasteiger partial charge in [0.25, 0.3) is 0 Å². The van der Waals surface area contributed by atoms with Crippen LogP contribution >= 0.6 is 0 Å². The van der Waals surface area contributed by atoms with E-state index in [9.17, 15) is 8.78 Å². The fourth-order valence-corrected chi connectivity index (χ4v) is 2.58. The predicted octanol–water partition coefficient (Wildman–Crippen LogP) is 4.96. The van der Waals surface area contributed by atoms with Gasteiger partial charge in [0.2, 0.25) is 0 Å². The molecule has 0 N–H and O–H groups in total. The van der Waals surface area contributed by atoms with Gasteiger partial charge in [0.15, 0.2) is 0 Å². The van der Waals surface area contributed by atoms with Gasteiger partial charge in [-0.3, -0.25) is 0 Å². The van der Waals surface area contributed by atoms with Gasteiger partial charge in [-0.05, 0) is 42.9 Å². The summed E-state index contributed by atoms with van der Waals surface area (Å²) in [5.74, 6) is -0.857. The summed E-state index contributed by atoms with van der Waals surface area (Å²) in [5.41, 5.74) is 2.85. The molecular weight excluding hydrogens is 230 g/mol. The summed E-state index contributed by atoms with van der Waals surface area (Å²) in [6.45, 7) is 2.20. The van der Waals surface area contributed by atoms with Crippen molar-refractivity contribution in [3.05, 3.63) is 46.5 Å². The number of rotatable bonds is 5. The number of fused-ring (bicyclic) bond motifs is 1. The minimum Gasteiger partial charge on any atom is -0.207 e. The van der Waals surface area contributed by atoms with Crippen LogP contribution in [0.5, 0.6) is 0 Å². The van der Waals surface area contributed by atoms with Crippen molar-refractivity contribution in [1.29, 1.82) is 0 Å². The van der Waals surface area contributed by atoms with Gasteiger partial charge in [-0.1, -0.05) is 37.8 Å². The van der Waals surface area contributed by atoms with E-state index in [-0.39, 0.29) is 0 Å². The molecule has 0 heterocycles. The summed E-state index contributed by atoms with van der Waals surface area (Å²) in [7, 11) is 0. The third kappa shape index (κ3) is 3.18. The van der Waals surface area contributed by atoms with E-state index in [1.54, 1.807) is 0 Å². The number of benzene rings is 1. The van der Waals surface area contributed by atoms with Crippen molar-refractivity contribution in [2.75, 3.05) is 0 Å². The van der Waals surface area contributed by atoms with Crippen LogP contribution in [0.25, 0.3) is 0 Å². The Labute approximate surface area is 108 Å². The second-order valence-corrected chi connectivity index (χ2v) is 5.08. The van der Waals surface area contributed by atoms with Crippen LogP contribution in [0, 0.1) is 11.6 Å². The van der Waals surface area contributed by atoms with Crippen molar-refractivity contribution < 1.29 is 8.78 Å². The molecule has 0 aliphatic heterocycles. The molecule has 1 aromatic rings. The fraction of sp³-hybridized carbons (Fsp3) is 0.500. The molecule has 0 aromatic heterocycles. The third-order valence-corrected chi connectivity index (χ3v) is 3.62. The van der Waals surface area contributed by atoms with E-state index in [4.69, 9.17) is 0 Å². The Morgan fingerprint density at radius 1 is 1.11 bits per heavy atom. The number of unbranched alkanes of at least 4 members (excludes halogenated alkanes) is 3. The van der Waals surface area contributed by atoms with Crippen molar-refractivity contribution in [3.63, 3.8) is 0 Å². The fourth-order valence-electron chi connectivity index (χ4n) is 2.58. The van der Waals surface area contributed by atoms with E-state index in [1.807, 2.05) is 0 Å². The van der Waals surface area contributed by atoms with E-state index in [1.165, 1.54) is 37.3 Å². The molecule has 1 aliphatic carbocycles. The second-order valence-electron chi connectivity index (χ2n) is 5.08. The smallest absolute Gasteiger partial charge is 0.129 e. The van der Waals surface area contributed by atoms with Crippen molar-refractivity contribution in [1.82, 2.24) is 0 Å². The molecule has 0 unspecified atom stereocenters. The number of hydrogen-bond acceptors (Lipinski definition) is 0. The second kappa shape index (κ2) is 6.12. The van der Waals surface area contributed by atoms with Crippen molar-refractivity contribution >= 4 is 0 Å². The molecule has 0 amide bonds. The molecule has 0 saturated carbocycles. The quantitative estimate of drug-likeness (QED) is 0.512. The summed E-state index contributed by atoms with van der Waals surface area (Å²) >= 11 is 0. The lowest BCUT2D eigenvalue weighted by atomic mass is 9.88. The highest BCUT2D eigenvalue weighted by Gasteiger charge is 2.15. The monoisotopic (exact) mass is 250 g/mol. The van der Waals surface area contributed by atoms with Crippen LogP contribution in [-0.2, 0) is 12.8 Å². The van der Waals surface area contributed by atoms with E-state index in [2.05, 4.69) is 13.0 Å². The Kier molecular flexibility index (Phi) is 4.51. The summed E-state index contributed by atoms with van der Waals surface area (Å²) in [4.78, 5) is 0. The minimum atomic E-state index is -0.460. The molecule has 0 saturated heterocycles. The molecule has 0 atom stereocenters. The topological polar surface area (TPSA) is 0 Å². The summed E-state index contributed by atoms with van der Waals surface area (Å²) in [6, 6.07) is 2.47. The molecular formula is C16H20F2. The van der Waals surface area contributed by atoms with Crippen LogP contribution in [0.3, 0.4) is 0 Å². The molecule has 0 nitrogen and oxygen atoms in total. The van der Waals surface area contributed by atoms with Crippen LogP contribution in [0.4, 0.5) is 8.78 Å². The lowest BCUT2D eigenvalue weighted by Gasteiger charge is -2.18. The number of hydrogen-bond donors (Lipinski definition) is 0. The third-order valence-electron chi connectivity index (χ3n) is 3.62. The van der Waals surface area contributed by atoms with Gasteiger partial charge in [0.05, 0.1) is 0 Å². The zero-order valence-electron chi connectivity index (χ0n) is 10.9. The van der Waals surface area contributed by atoms with E-state index in [0.717, 1.165) is 24.5 Å². The highest BCUT2D eigenvalue weighted by atomic mass is 19.1. The summed E-state index contributed by atoms with van der Waals surface area (Å²) < 4.78 is 26.7. The van der Waals surface area contributed by atoms with Crippen molar-refractivity contribution in [2.45, 2.75) is 51.9 Å².